The summed E-state index contributed by atoms with van der Waals surface area (Å²) in [6.45, 7) is 1.90. The number of fused-ring (bicyclic) bond motifs is 3. The number of benzene rings is 1. The summed E-state index contributed by atoms with van der Waals surface area (Å²) in [6.07, 6.45) is 6.94. The SMILES string of the molecule is CSCc1cc(-c2nc(-c3ccccc3F)c3c(n2)C2C=C(C#N)C(=O)C(C)C2CC3)ccn1. The van der Waals surface area contributed by atoms with Crippen LogP contribution in [-0.2, 0) is 17.0 Å². The number of halogens is 1. The van der Waals surface area contributed by atoms with Crippen molar-refractivity contribution >= 4 is 17.5 Å². The predicted octanol–water partition coefficient (Wildman–Crippen LogP) is 5.52. The summed E-state index contributed by atoms with van der Waals surface area (Å²) in [6, 6.07) is 12.5. The fourth-order valence-electron chi connectivity index (χ4n) is 5.12. The molecule has 0 bridgehead atoms. The van der Waals surface area contributed by atoms with Crippen LogP contribution in [-0.4, -0.2) is 27.0 Å². The van der Waals surface area contributed by atoms with E-state index in [1.54, 1.807) is 42.2 Å². The Labute approximate surface area is 202 Å². The quantitative estimate of drug-likeness (QED) is 0.499. The predicted molar refractivity (Wildman–Crippen MR) is 130 cm³/mol. The van der Waals surface area contributed by atoms with Crippen molar-refractivity contribution in [3.05, 3.63) is 77.0 Å². The third kappa shape index (κ3) is 3.82. The van der Waals surface area contributed by atoms with Crippen molar-refractivity contribution in [1.82, 2.24) is 15.0 Å². The number of ketones is 1. The van der Waals surface area contributed by atoms with Gasteiger partial charge in [-0.15, -0.1) is 0 Å². The summed E-state index contributed by atoms with van der Waals surface area (Å²) in [5, 5.41) is 9.57. The molecule has 7 heteroatoms. The lowest BCUT2D eigenvalue weighted by atomic mass is 9.66. The number of carbonyl (C=O) groups is 1. The van der Waals surface area contributed by atoms with Crippen molar-refractivity contribution in [2.45, 2.75) is 31.4 Å². The average molecular weight is 471 g/mol. The molecule has 0 saturated carbocycles. The molecule has 3 atom stereocenters. The van der Waals surface area contributed by atoms with Crippen LogP contribution >= 0.6 is 11.8 Å². The molecule has 2 heterocycles. The van der Waals surface area contributed by atoms with E-state index in [0.29, 0.717) is 23.5 Å². The molecule has 0 spiro atoms. The number of rotatable bonds is 4. The molecule has 1 aromatic carbocycles. The number of nitriles is 1. The van der Waals surface area contributed by atoms with Crippen LogP contribution in [0.15, 0.2) is 54.2 Å². The minimum Gasteiger partial charge on any atom is -0.293 e. The van der Waals surface area contributed by atoms with E-state index in [9.17, 15) is 14.4 Å². The van der Waals surface area contributed by atoms with Crippen LogP contribution in [0.1, 0.15) is 36.2 Å². The first kappa shape index (κ1) is 22.4. The number of allylic oxidation sites excluding steroid dienone is 2. The first-order chi connectivity index (χ1) is 16.5. The van der Waals surface area contributed by atoms with Crippen molar-refractivity contribution < 1.29 is 9.18 Å². The molecule has 0 fully saturated rings. The van der Waals surface area contributed by atoms with E-state index in [0.717, 1.165) is 34.7 Å². The largest absolute Gasteiger partial charge is 0.293 e. The van der Waals surface area contributed by atoms with Gasteiger partial charge in [0.05, 0.1) is 22.7 Å². The summed E-state index contributed by atoms with van der Waals surface area (Å²) >= 11 is 1.68. The van der Waals surface area contributed by atoms with E-state index in [-0.39, 0.29) is 34.9 Å². The van der Waals surface area contributed by atoms with Gasteiger partial charge in [0.2, 0.25) is 0 Å². The number of Topliss-reactive ketones (excluding diaryl/α,β-unsaturated/α-hetero) is 1. The zero-order valence-corrected chi connectivity index (χ0v) is 19.8. The molecule has 0 aliphatic heterocycles. The Balaban J connectivity index is 1.76. The van der Waals surface area contributed by atoms with Gasteiger partial charge in [-0.1, -0.05) is 25.1 Å². The Hall–Kier alpha value is -3.37. The minimum absolute atomic E-state index is 0.0535. The highest BCUT2D eigenvalue weighted by atomic mass is 32.2. The molecule has 0 amide bonds. The Kier molecular flexibility index (Phi) is 6.01. The molecule has 3 aromatic rings. The van der Waals surface area contributed by atoms with Gasteiger partial charge in [0.15, 0.2) is 11.6 Å². The first-order valence-corrected chi connectivity index (χ1v) is 12.7. The normalized spacial score (nSPS) is 21.3. The van der Waals surface area contributed by atoms with Crippen molar-refractivity contribution in [2.75, 3.05) is 6.26 Å². The number of aromatic nitrogens is 3. The monoisotopic (exact) mass is 470 g/mol. The van der Waals surface area contributed by atoms with Gasteiger partial charge in [-0.3, -0.25) is 9.78 Å². The zero-order valence-electron chi connectivity index (χ0n) is 19.0. The van der Waals surface area contributed by atoms with Gasteiger partial charge in [-0.05, 0) is 49.3 Å². The Morgan fingerprint density at radius 1 is 1.24 bits per heavy atom. The Morgan fingerprint density at radius 3 is 2.82 bits per heavy atom. The van der Waals surface area contributed by atoms with E-state index in [4.69, 9.17) is 9.97 Å². The van der Waals surface area contributed by atoms with Crippen LogP contribution in [0.25, 0.3) is 22.6 Å². The fourth-order valence-corrected chi connectivity index (χ4v) is 5.58. The summed E-state index contributed by atoms with van der Waals surface area (Å²) in [5.41, 5.74) is 4.60. The van der Waals surface area contributed by atoms with Crippen LogP contribution in [0, 0.1) is 29.0 Å². The molecule has 0 saturated heterocycles. The van der Waals surface area contributed by atoms with Crippen LogP contribution in [0.4, 0.5) is 4.39 Å². The average Bonchev–Trinajstić information content (AvgIpc) is 2.86. The topological polar surface area (TPSA) is 79.5 Å². The van der Waals surface area contributed by atoms with E-state index in [1.165, 1.54) is 6.07 Å². The smallest absolute Gasteiger partial charge is 0.176 e. The number of carbonyl (C=O) groups excluding carboxylic acids is 1. The number of thioether (sulfide) groups is 1. The highest BCUT2D eigenvalue weighted by Gasteiger charge is 2.42. The molecule has 5 rings (SSSR count). The third-order valence-corrected chi connectivity index (χ3v) is 7.41. The van der Waals surface area contributed by atoms with Crippen molar-refractivity contribution in [3.8, 4) is 28.7 Å². The van der Waals surface area contributed by atoms with Crippen LogP contribution < -0.4 is 0 Å². The Morgan fingerprint density at radius 2 is 2.06 bits per heavy atom. The summed E-state index contributed by atoms with van der Waals surface area (Å²) < 4.78 is 14.9. The van der Waals surface area contributed by atoms with Crippen molar-refractivity contribution in [2.24, 2.45) is 11.8 Å². The van der Waals surface area contributed by atoms with Crippen LogP contribution in [0.2, 0.25) is 0 Å². The highest BCUT2D eigenvalue weighted by molar-refractivity contribution is 7.97. The summed E-state index contributed by atoms with van der Waals surface area (Å²) in [7, 11) is 0. The molecule has 170 valence electrons. The maximum absolute atomic E-state index is 14.9. The van der Waals surface area contributed by atoms with Gasteiger partial charge >= 0.3 is 0 Å². The summed E-state index contributed by atoms with van der Waals surface area (Å²) in [5.74, 6) is 0.420. The van der Waals surface area contributed by atoms with E-state index >= 15 is 0 Å². The molecular weight excluding hydrogens is 447 g/mol. The maximum atomic E-state index is 14.9. The van der Waals surface area contributed by atoms with Crippen molar-refractivity contribution in [1.29, 1.82) is 5.26 Å². The molecular formula is C27H23FN4OS. The molecule has 0 N–H and O–H groups in total. The van der Waals surface area contributed by atoms with Gasteiger partial charge in [-0.25, -0.2) is 14.4 Å². The lowest BCUT2D eigenvalue weighted by molar-refractivity contribution is -0.120. The molecule has 2 aliphatic rings. The second-order valence-electron chi connectivity index (χ2n) is 8.78. The second kappa shape index (κ2) is 9.11. The van der Waals surface area contributed by atoms with E-state index in [1.807, 2.05) is 25.3 Å². The molecule has 2 aromatic heterocycles. The maximum Gasteiger partial charge on any atom is 0.176 e. The molecule has 2 aliphatic carbocycles. The lowest BCUT2D eigenvalue weighted by Gasteiger charge is -2.38. The number of hydrogen-bond donors (Lipinski definition) is 0. The second-order valence-corrected chi connectivity index (χ2v) is 9.65. The number of hydrogen-bond acceptors (Lipinski definition) is 6. The van der Waals surface area contributed by atoms with Gasteiger partial charge in [0.25, 0.3) is 0 Å². The third-order valence-electron chi connectivity index (χ3n) is 6.83. The highest BCUT2D eigenvalue weighted by Crippen LogP contribution is 2.47. The lowest BCUT2D eigenvalue weighted by Crippen LogP contribution is -2.35. The van der Waals surface area contributed by atoms with Gasteiger partial charge < -0.3 is 0 Å². The number of nitrogens with zero attached hydrogens (tertiary/aromatic N) is 4. The first-order valence-electron chi connectivity index (χ1n) is 11.3. The Bertz CT molecular complexity index is 1360. The van der Waals surface area contributed by atoms with E-state index in [2.05, 4.69) is 11.1 Å². The van der Waals surface area contributed by atoms with Crippen LogP contribution in [0.3, 0.4) is 0 Å². The van der Waals surface area contributed by atoms with Gasteiger partial charge in [0.1, 0.15) is 11.9 Å². The van der Waals surface area contributed by atoms with Crippen LogP contribution in [0.5, 0.6) is 0 Å². The fraction of sp³-hybridized carbons (Fsp3) is 0.296. The molecule has 34 heavy (non-hydrogen) atoms. The van der Waals surface area contributed by atoms with Gasteiger partial charge in [-0.2, -0.15) is 17.0 Å². The zero-order chi connectivity index (χ0) is 23.8. The van der Waals surface area contributed by atoms with Gasteiger partial charge in [0, 0.05) is 40.5 Å². The summed E-state index contributed by atoms with van der Waals surface area (Å²) in [4.78, 5) is 26.9. The standard InChI is InChI=1S/C27H23FN4OS/c1-15-19-7-8-21-24(20-5-3-4-6-23(20)28)31-27(16-9-10-30-18(11-16)14-34-2)32-25(21)22(19)12-17(13-29)26(15)33/h3-6,9-12,15,19,22H,7-8,14H2,1-2H3. The molecule has 3 unspecified atom stereocenters. The van der Waals surface area contributed by atoms with Crippen molar-refractivity contribution in [3.63, 3.8) is 0 Å². The molecule has 0 radical (unpaired) electrons. The number of pyridine rings is 1. The van der Waals surface area contributed by atoms with E-state index < -0.39 is 0 Å². The minimum atomic E-state index is -0.338. The molecule has 5 nitrogen and oxygen atoms in total.